The Morgan fingerprint density at radius 2 is 2.26 bits per heavy atom. The summed E-state index contributed by atoms with van der Waals surface area (Å²) in [5.74, 6) is -1.55. The highest BCUT2D eigenvalue weighted by Gasteiger charge is 2.11. The number of aromatic carboxylic acids is 1. The molecule has 0 radical (unpaired) electrons. The number of hydrogen-bond donors (Lipinski definition) is 2. The van der Waals surface area contributed by atoms with E-state index < -0.39 is 11.8 Å². The molecule has 2 rings (SSSR count). The number of carbonyl (C=O) groups is 1. The quantitative estimate of drug-likeness (QED) is 0.903. The van der Waals surface area contributed by atoms with Gasteiger partial charge in [0, 0.05) is 10.7 Å². The molecule has 5 nitrogen and oxygen atoms in total. The summed E-state index contributed by atoms with van der Waals surface area (Å²) < 4.78 is 14.2. The molecular formula is C12H9BrFN3O2. The van der Waals surface area contributed by atoms with Crippen LogP contribution in [0.3, 0.4) is 0 Å². The fourth-order valence-electron chi connectivity index (χ4n) is 1.49. The molecule has 0 aliphatic carbocycles. The highest BCUT2D eigenvalue weighted by atomic mass is 79.9. The molecule has 2 N–H and O–H groups in total. The van der Waals surface area contributed by atoms with E-state index in [9.17, 15) is 9.18 Å². The number of nitrogens with one attached hydrogen (secondary N) is 1. The first-order valence-electron chi connectivity index (χ1n) is 5.29. The summed E-state index contributed by atoms with van der Waals surface area (Å²) in [6.45, 7) is 0.0999. The van der Waals surface area contributed by atoms with Crippen LogP contribution in [0.1, 0.15) is 16.1 Å². The van der Waals surface area contributed by atoms with Crippen molar-refractivity contribution in [2.24, 2.45) is 0 Å². The van der Waals surface area contributed by atoms with Crippen LogP contribution in [0.25, 0.3) is 0 Å². The van der Waals surface area contributed by atoms with Gasteiger partial charge >= 0.3 is 5.97 Å². The van der Waals surface area contributed by atoms with Crippen LogP contribution >= 0.6 is 15.9 Å². The van der Waals surface area contributed by atoms with Crippen molar-refractivity contribution >= 4 is 27.6 Å². The lowest BCUT2D eigenvalue weighted by molar-refractivity contribution is 0.0694. The lowest BCUT2D eigenvalue weighted by atomic mass is 10.2. The average molecular weight is 326 g/mol. The number of benzene rings is 1. The predicted octanol–water partition coefficient (Wildman–Crippen LogP) is 2.69. The zero-order valence-electron chi connectivity index (χ0n) is 9.60. The summed E-state index contributed by atoms with van der Waals surface area (Å²) in [4.78, 5) is 18.5. The van der Waals surface area contributed by atoms with Crippen molar-refractivity contribution in [1.82, 2.24) is 9.97 Å². The summed E-state index contributed by atoms with van der Waals surface area (Å²) >= 11 is 3.16. The van der Waals surface area contributed by atoms with Gasteiger partial charge in [0.1, 0.15) is 17.7 Å². The molecule has 0 aliphatic rings. The second kappa shape index (κ2) is 5.75. The van der Waals surface area contributed by atoms with Crippen molar-refractivity contribution < 1.29 is 14.3 Å². The maximum Gasteiger partial charge on any atom is 0.339 e. The van der Waals surface area contributed by atoms with Gasteiger partial charge in [0.15, 0.2) is 0 Å². The van der Waals surface area contributed by atoms with E-state index in [1.165, 1.54) is 18.6 Å². The van der Waals surface area contributed by atoms with Crippen molar-refractivity contribution in [3.05, 3.63) is 52.3 Å². The van der Waals surface area contributed by atoms with E-state index in [-0.39, 0.29) is 17.8 Å². The summed E-state index contributed by atoms with van der Waals surface area (Å²) in [6.07, 6.45) is 2.46. The van der Waals surface area contributed by atoms with Crippen molar-refractivity contribution in [3.8, 4) is 0 Å². The lowest BCUT2D eigenvalue weighted by Crippen LogP contribution is -2.10. The van der Waals surface area contributed by atoms with Gasteiger partial charge in [-0.15, -0.1) is 0 Å². The monoisotopic (exact) mass is 325 g/mol. The van der Waals surface area contributed by atoms with Crippen molar-refractivity contribution in [1.29, 1.82) is 0 Å². The van der Waals surface area contributed by atoms with Gasteiger partial charge in [0.2, 0.25) is 0 Å². The Morgan fingerprint density at radius 3 is 2.95 bits per heavy atom. The minimum absolute atomic E-state index is 0.00693. The summed E-state index contributed by atoms with van der Waals surface area (Å²) in [5.41, 5.74) is 0.565. The zero-order chi connectivity index (χ0) is 13.8. The van der Waals surface area contributed by atoms with Crippen LogP contribution < -0.4 is 5.32 Å². The number of aromatic nitrogens is 2. The first-order valence-corrected chi connectivity index (χ1v) is 6.08. The van der Waals surface area contributed by atoms with Crippen molar-refractivity contribution in [3.63, 3.8) is 0 Å². The van der Waals surface area contributed by atoms with Crippen molar-refractivity contribution in [2.75, 3.05) is 5.32 Å². The van der Waals surface area contributed by atoms with Crippen LogP contribution in [-0.4, -0.2) is 21.0 Å². The fourth-order valence-corrected chi connectivity index (χ4v) is 1.82. The van der Waals surface area contributed by atoms with Gasteiger partial charge < -0.3 is 10.4 Å². The van der Waals surface area contributed by atoms with Gasteiger partial charge in [-0.2, -0.15) is 0 Å². The van der Waals surface area contributed by atoms with Crippen LogP contribution in [0.2, 0.25) is 0 Å². The van der Waals surface area contributed by atoms with Gasteiger partial charge in [-0.3, -0.25) is 0 Å². The Balaban J connectivity index is 2.17. The molecule has 0 saturated heterocycles. The molecular weight excluding hydrogens is 317 g/mol. The first-order chi connectivity index (χ1) is 9.08. The molecule has 19 heavy (non-hydrogen) atoms. The Morgan fingerprint density at radius 1 is 1.47 bits per heavy atom. The summed E-state index contributed by atoms with van der Waals surface area (Å²) in [7, 11) is 0. The minimum atomic E-state index is -1.12. The molecule has 0 bridgehead atoms. The molecule has 2 aromatic rings. The van der Waals surface area contributed by atoms with Crippen LogP contribution in [0.5, 0.6) is 0 Å². The molecule has 1 aromatic heterocycles. The smallest absolute Gasteiger partial charge is 0.339 e. The lowest BCUT2D eigenvalue weighted by Gasteiger charge is -2.08. The number of carboxylic acids is 1. The van der Waals surface area contributed by atoms with E-state index in [0.29, 0.717) is 10.2 Å². The van der Waals surface area contributed by atoms with Gasteiger partial charge in [-0.1, -0.05) is 15.9 Å². The Bertz CT molecular complexity index is 622. The summed E-state index contributed by atoms with van der Waals surface area (Å²) in [5, 5.41) is 11.8. The number of rotatable bonds is 4. The number of anilines is 1. The van der Waals surface area contributed by atoms with Gasteiger partial charge in [-0.25, -0.2) is 19.2 Å². The Hall–Kier alpha value is -2.02. The molecule has 0 aliphatic heterocycles. The van der Waals surface area contributed by atoms with Gasteiger partial charge in [0.25, 0.3) is 0 Å². The maximum atomic E-state index is 13.6. The van der Waals surface area contributed by atoms with Crippen molar-refractivity contribution in [2.45, 2.75) is 6.54 Å². The number of halogens is 2. The van der Waals surface area contributed by atoms with Gasteiger partial charge in [0.05, 0.1) is 17.9 Å². The molecule has 98 valence electrons. The van der Waals surface area contributed by atoms with Crippen LogP contribution in [0.15, 0.2) is 35.2 Å². The number of nitrogens with zero attached hydrogens (tertiary/aromatic N) is 2. The third kappa shape index (κ3) is 3.25. The van der Waals surface area contributed by atoms with E-state index in [4.69, 9.17) is 5.11 Å². The molecule has 0 saturated carbocycles. The predicted molar refractivity (Wildman–Crippen MR) is 70.4 cm³/mol. The zero-order valence-corrected chi connectivity index (χ0v) is 11.2. The maximum absolute atomic E-state index is 13.6. The van der Waals surface area contributed by atoms with Crippen LogP contribution in [-0.2, 0) is 6.54 Å². The fraction of sp³-hybridized carbons (Fsp3) is 0.0833. The normalized spacial score (nSPS) is 10.2. The molecule has 0 fully saturated rings. The second-order valence-electron chi connectivity index (χ2n) is 3.67. The Kier molecular flexibility index (Phi) is 4.06. The number of carboxylic acid groups (broad SMARTS) is 1. The molecule has 0 unspecified atom stereocenters. The second-order valence-corrected chi connectivity index (χ2v) is 4.58. The topological polar surface area (TPSA) is 75.1 Å². The minimum Gasteiger partial charge on any atom is -0.478 e. The van der Waals surface area contributed by atoms with E-state index in [1.807, 2.05) is 0 Å². The SMILES string of the molecule is O=C(O)c1cncnc1CNc1ccc(Br)cc1F. The third-order valence-corrected chi connectivity index (χ3v) is 2.90. The highest BCUT2D eigenvalue weighted by Crippen LogP contribution is 2.20. The summed E-state index contributed by atoms with van der Waals surface area (Å²) in [6, 6.07) is 4.56. The largest absolute Gasteiger partial charge is 0.478 e. The molecule has 1 heterocycles. The van der Waals surface area contributed by atoms with E-state index in [1.54, 1.807) is 12.1 Å². The standard InChI is InChI=1S/C12H9BrFN3O2/c13-7-1-2-10(9(14)3-7)16-5-11-8(12(18)19)4-15-6-17-11/h1-4,6,16H,5H2,(H,18,19). The Labute approximate surface area is 116 Å². The van der Waals surface area contributed by atoms with Crippen LogP contribution in [0, 0.1) is 5.82 Å². The average Bonchev–Trinajstić information content (AvgIpc) is 2.38. The van der Waals surface area contributed by atoms with E-state index in [2.05, 4.69) is 31.2 Å². The molecule has 0 spiro atoms. The highest BCUT2D eigenvalue weighted by molar-refractivity contribution is 9.10. The van der Waals surface area contributed by atoms with E-state index in [0.717, 1.165) is 0 Å². The molecule has 1 aromatic carbocycles. The third-order valence-electron chi connectivity index (χ3n) is 2.40. The van der Waals surface area contributed by atoms with Crippen LogP contribution in [0.4, 0.5) is 10.1 Å². The molecule has 0 atom stereocenters. The molecule has 0 amide bonds. The number of hydrogen-bond acceptors (Lipinski definition) is 4. The molecule has 7 heteroatoms. The first kappa shape index (κ1) is 13.4. The van der Waals surface area contributed by atoms with Gasteiger partial charge in [-0.05, 0) is 18.2 Å². The van der Waals surface area contributed by atoms with E-state index >= 15 is 0 Å².